The molecule has 2 aromatic carbocycles. The van der Waals surface area contributed by atoms with E-state index in [0.29, 0.717) is 22.6 Å². The molecule has 5 heteroatoms. The van der Waals surface area contributed by atoms with E-state index in [1.54, 1.807) is 6.07 Å². The molecule has 3 N–H and O–H groups in total. The van der Waals surface area contributed by atoms with Crippen LogP contribution in [-0.2, 0) is 0 Å². The number of aromatic amines is 1. The standard InChI is InChI=1S/C16H13BrFN3/c1-9-5-6-12(13(18)7-9)15-14(16(19)21-20-15)10-3-2-4-11(17)8-10/h2-8H,1H3,(H3,19,20,21). The first kappa shape index (κ1) is 13.8. The number of hydrogen-bond donors (Lipinski definition) is 2. The van der Waals surface area contributed by atoms with Gasteiger partial charge in [0.25, 0.3) is 0 Å². The van der Waals surface area contributed by atoms with Gasteiger partial charge in [-0.05, 0) is 42.3 Å². The zero-order chi connectivity index (χ0) is 15.0. The summed E-state index contributed by atoms with van der Waals surface area (Å²) < 4.78 is 15.1. The normalized spacial score (nSPS) is 10.8. The minimum Gasteiger partial charge on any atom is -0.382 e. The van der Waals surface area contributed by atoms with Crippen molar-refractivity contribution in [1.29, 1.82) is 0 Å². The summed E-state index contributed by atoms with van der Waals surface area (Å²) in [5.41, 5.74) is 9.46. The summed E-state index contributed by atoms with van der Waals surface area (Å²) in [6, 6.07) is 12.8. The molecule has 3 rings (SSSR count). The highest BCUT2D eigenvalue weighted by molar-refractivity contribution is 9.10. The molecule has 0 aliphatic heterocycles. The van der Waals surface area contributed by atoms with Crippen molar-refractivity contribution in [2.45, 2.75) is 6.92 Å². The molecule has 0 aliphatic rings. The molecule has 0 aliphatic carbocycles. The van der Waals surface area contributed by atoms with Crippen LogP contribution in [0.3, 0.4) is 0 Å². The van der Waals surface area contributed by atoms with Crippen LogP contribution in [0.15, 0.2) is 46.9 Å². The summed E-state index contributed by atoms with van der Waals surface area (Å²) in [7, 11) is 0. The number of aromatic nitrogens is 2. The number of nitrogens with zero attached hydrogens (tertiary/aromatic N) is 1. The van der Waals surface area contributed by atoms with Gasteiger partial charge in [-0.15, -0.1) is 0 Å². The van der Waals surface area contributed by atoms with Gasteiger partial charge in [0.2, 0.25) is 0 Å². The fraction of sp³-hybridized carbons (Fsp3) is 0.0625. The van der Waals surface area contributed by atoms with Gasteiger partial charge in [-0.25, -0.2) is 4.39 Å². The second-order valence-electron chi connectivity index (χ2n) is 4.85. The Hall–Kier alpha value is -2.14. The lowest BCUT2D eigenvalue weighted by Gasteiger charge is -2.07. The number of rotatable bonds is 2. The number of benzene rings is 2. The third-order valence-electron chi connectivity index (χ3n) is 3.30. The Bertz CT molecular complexity index is 811. The molecule has 3 aromatic rings. The van der Waals surface area contributed by atoms with Gasteiger partial charge in [-0.3, -0.25) is 5.10 Å². The molecule has 0 fully saturated rings. The Kier molecular flexibility index (Phi) is 3.51. The third-order valence-corrected chi connectivity index (χ3v) is 3.79. The topological polar surface area (TPSA) is 54.7 Å². The third kappa shape index (κ3) is 2.56. The number of nitrogen functional groups attached to an aromatic ring is 1. The number of halogens is 2. The van der Waals surface area contributed by atoms with E-state index in [2.05, 4.69) is 26.1 Å². The Labute approximate surface area is 130 Å². The Morgan fingerprint density at radius 1 is 1.19 bits per heavy atom. The number of hydrogen-bond acceptors (Lipinski definition) is 2. The zero-order valence-corrected chi connectivity index (χ0v) is 12.9. The molecular formula is C16H13BrFN3. The Morgan fingerprint density at radius 2 is 2.00 bits per heavy atom. The minimum absolute atomic E-state index is 0.296. The van der Waals surface area contributed by atoms with Crippen LogP contribution in [0, 0.1) is 12.7 Å². The second kappa shape index (κ2) is 5.33. The van der Waals surface area contributed by atoms with Crippen LogP contribution in [0.4, 0.5) is 10.2 Å². The lowest BCUT2D eigenvalue weighted by atomic mass is 10.00. The van der Waals surface area contributed by atoms with E-state index in [1.165, 1.54) is 6.07 Å². The summed E-state index contributed by atoms with van der Waals surface area (Å²) in [5, 5.41) is 6.87. The first-order valence-electron chi connectivity index (χ1n) is 6.42. The predicted molar refractivity (Wildman–Crippen MR) is 86.3 cm³/mol. The van der Waals surface area contributed by atoms with Crippen LogP contribution in [0.25, 0.3) is 22.4 Å². The number of nitrogens with two attached hydrogens (primary N) is 1. The average molecular weight is 346 g/mol. The van der Waals surface area contributed by atoms with Gasteiger partial charge >= 0.3 is 0 Å². The fourth-order valence-electron chi connectivity index (χ4n) is 2.31. The van der Waals surface area contributed by atoms with Crippen molar-refractivity contribution >= 4 is 21.7 Å². The molecule has 0 saturated heterocycles. The molecule has 0 radical (unpaired) electrons. The monoisotopic (exact) mass is 345 g/mol. The Balaban J connectivity index is 2.22. The summed E-state index contributed by atoms with van der Waals surface area (Å²) in [6.07, 6.45) is 0. The van der Waals surface area contributed by atoms with Gasteiger partial charge in [-0.2, -0.15) is 5.10 Å². The zero-order valence-electron chi connectivity index (χ0n) is 11.3. The average Bonchev–Trinajstić information content (AvgIpc) is 2.80. The lowest BCUT2D eigenvalue weighted by molar-refractivity contribution is 0.629. The van der Waals surface area contributed by atoms with Crippen LogP contribution < -0.4 is 5.73 Å². The molecule has 0 atom stereocenters. The quantitative estimate of drug-likeness (QED) is 0.716. The maximum atomic E-state index is 14.2. The van der Waals surface area contributed by atoms with Gasteiger partial charge < -0.3 is 5.73 Å². The van der Waals surface area contributed by atoms with E-state index in [0.717, 1.165) is 15.6 Å². The molecule has 0 bridgehead atoms. The van der Waals surface area contributed by atoms with Crippen molar-refractivity contribution in [2.75, 3.05) is 5.73 Å². The highest BCUT2D eigenvalue weighted by Gasteiger charge is 2.17. The molecule has 0 saturated carbocycles. The van der Waals surface area contributed by atoms with Crippen LogP contribution in [0.5, 0.6) is 0 Å². The smallest absolute Gasteiger partial charge is 0.153 e. The lowest BCUT2D eigenvalue weighted by Crippen LogP contribution is -1.91. The molecule has 21 heavy (non-hydrogen) atoms. The predicted octanol–water partition coefficient (Wildman–Crippen LogP) is 4.54. The molecule has 0 unspecified atom stereocenters. The second-order valence-corrected chi connectivity index (χ2v) is 5.77. The molecular weight excluding hydrogens is 333 g/mol. The van der Waals surface area contributed by atoms with Gasteiger partial charge in [0.05, 0.1) is 11.3 Å². The van der Waals surface area contributed by atoms with Crippen LogP contribution >= 0.6 is 15.9 Å². The van der Waals surface area contributed by atoms with E-state index in [9.17, 15) is 4.39 Å². The summed E-state index contributed by atoms with van der Waals surface area (Å²) in [4.78, 5) is 0. The van der Waals surface area contributed by atoms with E-state index < -0.39 is 0 Å². The molecule has 3 nitrogen and oxygen atoms in total. The first-order chi connectivity index (χ1) is 10.1. The van der Waals surface area contributed by atoms with Crippen molar-refractivity contribution in [2.24, 2.45) is 0 Å². The summed E-state index contributed by atoms with van der Waals surface area (Å²) in [6.45, 7) is 1.85. The fourth-order valence-corrected chi connectivity index (χ4v) is 2.71. The summed E-state index contributed by atoms with van der Waals surface area (Å²) in [5.74, 6) is 0.0537. The first-order valence-corrected chi connectivity index (χ1v) is 7.22. The largest absolute Gasteiger partial charge is 0.382 e. The van der Waals surface area contributed by atoms with Gasteiger partial charge in [-0.1, -0.05) is 34.1 Å². The van der Waals surface area contributed by atoms with E-state index in [-0.39, 0.29) is 5.82 Å². The summed E-state index contributed by atoms with van der Waals surface area (Å²) >= 11 is 3.43. The number of H-pyrrole nitrogens is 1. The molecule has 106 valence electrons. The van der Waals surface area contributed by atoms with Crippen LogP contribution in [-0.4, -0.2) is 10.2 Å². The Morgan fingerprint density at radius 3 is 2.71 bits per heavy atom. The maximum absolute atomic E-state index is 14.2. The van der Waals surface area contributed by atoms with Gasteiger partial charge in [0.15, 0.2) is 5.82 Å². The number of nitrogens with one attached hydrogen (secondary N) is 1. The van der Waals surface area contributed by atoms with Crippen molar-refractivity contribution in [3.8, 4) is 22.4 Å². The van der Waals surface area contributed by atoms with Crippen LogP contribution in [0.2, 0.25) is 0 Å². The molecule has 0 amide bonds. The number of anilines is 1. The molecule has 0 spiro atoms. The van der Waals surface area contributed by atoms with E-state index >= 15 is 0 Å². The van der Waals surface area contributed by atoms with E-state index in [4.69, 9.17) is 5.73 Å². The highest BCUT2D eigenvalue weighted by atomic mass is 79.9. The van der Waals surface area contributed by atoms with Crippen LogP contribution in [0.1, 0.15) is 5.56 Å². The van der Waals surface area contributed by atoms with E-state index in [1.807, 2.05) is 37.3 Å². The van der Waals surface area contributed by atoms with Crippen molar-refractivity contribution in [1.82, 2.24) is 10.2 Å². The van der Waals surface area contributed by atoms with Gasteiger partial charge in [0, 0.05) is 10.0 Å². The van der Waals surface area contributed by atoms with Crippen molar-refractivity contribution in [3.63, 3.8) is 0 Å². The molecule has 1 heterocycles. The maximum Gasteiger partial charge on any atom is 0.153 e. The highest BCUT2D eigenvalue weighted by Crippen LogP contribution is 2.36. The minimum atomic E-state index is -0.296. The molecule has 1 aromatic heterocycles. The number of aryl methyl sites for hydroxylation is 1. The van der Waals surface area contributed by atoms with Crippen molar-refractivity contribution < 1.29 is 4.39 Å². The van der Waals surface area contributed by atoms with Crippen molar-refractivity contribution in [3.05, 3.63) is 58.3 Å². The van der Waals surface area contributed by atoms with Gasteiger partial charge in [0.1, 0.15) is 5.82 Å². The SMILES string of the molecule is Cc1ccc(-c2[nH]nc(N)c2-c2cccc(Br)c2)c(F)c1.